The maximum atomic E-state index is 15.4. The lowest BCUT2D eigenvalue weighted by molar-refractivity contribution is -0.260. The molecule has 0 aromatic heterocycles. The van der Waals surface area contributed by atoms with Crippen LogP contribution in [-0.4, -0.2) is 52.1 Å². The molecule has 0 N–H and O–H groups in total. The predicted octanol–water partition coefficient (Wildman–Crippen LogP) is 3.83. The molecule has 0 bridgehead atoms. The summed E-state index contributed by atoms with van der Waals surface area (Å²) in [6.45, 7) is 12.1. The van der Waals surface area contributed by atoms with Gasteiger partial charge in [-0.3, -0.25) is 0 Å². The highest BCUT2D eigenvalue weighted by Crippen LogP contribution is 2.52. The van der Waals surface area contributed by atoms with Gasteiger partial charge in [-0.2, -0.15) is 0 Å². The Hall–Kier alpha value is -0.663. The normalized spacial score (nSPS) is 36.8. The van der Waals surface area contributed by atoms with E-state index < -0.39 is 37.9 Å². The zero-order chi connectivity index (χ0) is 17.3. The topological polar surface area (TPSA) is 76.5 Å². The van der Waals surface area contributed by atoms with E-state index in [1.54, 1.807) is 6.92 Å². The van der Waals surface area contributed by atoms with Gasteiger partial charge in [0.2, 0.25) is 0 Å². The Morgan fingerprint density at radius 2 is 1.86 bits per heavy atom. The number of halogens is 1. The summed E-state index contributed by atoms with van der Waals surface area (Å²) in [7, 11) is 0.451. The van der Waals surface area contributed by atoms with Gasteiger partial charge in [-0.15, -0.1) is 0 Å². The van der Waals surface area contributed by atoms with E-state index in [2.05, 4.69) is 43.9 Å². The molecule has 0 unspecified atom stereocenters. The van der Waals surface area contributed by atoms with Crippen LogP contribution >= 0.6 is 0 Å². The van der Waals surface area contributed by atoms with Crippen LogP contribution in [0.2, 0.25) is 18.1 Å². The molecule has 0 amide bonds. The molecular formula is C14H28FN3O3Si. The zero-order valence-electron chi connectivity index (χ0n) is 14.8. The summed E-state index contributed by atoms with van der Waals surface area (Å²) in [4.78, 5) is 2.91. The Morgan fingerprint density at radius 3 is 2.23 bits per heavy atom. The van der Waals surface area contributed by atoms with Gasteiger partial charge in [-0.25, -0.2) is 4.39 Å². The van der Waals surface area contributed by atoms with Gasteiger partial charge in [0.15, 0.2) is 12.5 Å². The summed E-state index contributed by atoms with van der Waals surface area (Å²) >= 11 is 0. The van der Waals surface area contributed by atoms with Crippen molar-refractivity contribution in [2.75, 3.05) is 14.2 Å². The van der Waals surface area contributed by atoms with Crippen LogP contribution in [0.4, 0.5) is 4.39 Å². The van der Waals surface area contributed by atoms with Crippen LogP contribution in [0.3, 0.4) is 0 Å². The Morgan fingerprint density at radius 1 is 1.32 bits per heavy atom. The van der Waals surface area contributed by atoms with Crippen LogP contribution in [0, 0.1) is 0 Å². The molecule has 6 nitrogen and oxygen atoms in total. The molecule has 1 aliphatic rings. The number of nitrogens with zero attached hydrogens (tertiary/aromatic N) is 3. The van der Waals surface area contributed by atoms with Crippen molar-refractivity contribution in [3.63, 3.8) is 0 Å². The maximum absolute atomic E-state index is 15.4. The number of hydrogen-bond acceptors (Lipinski definition) is 4. The van der Waals surface area contributed by atoms with Crippen molar-refractivity contribution in [3.8, 4) is 0 Å². The zero-order valence-corrected chi connectivity index (χ0v) is 15.8. The monoisotopic (exact) mass is 333 g/mol. The molecule has 1 saturated heterocycles. The summed E-state index contributed by atoms with van der Waals surface area (Å²) in [5, 5.41) is 2.46. The van der Waals surface area contributed by atoms with Gasteiger partial charge in [-0.05, 0) is 17.5 Å². The highest BCUT2D eigenvalue weighted by Gasteiger charge is 2.67. The lowest BCUT2D eigenvalue weighted by atomic mass is 9.97. The molecular weight excluding hydrogens is 305 g/mol. The molecule has 1 heterocycles. The minimum absolute atomic E-state index is 0.175. The average Bonchev–Trinajstić information content (AvgIpc) is 2.42. The summed E-state index contributed by atoms with van der Waals surface area (Å²) < 4.78 is 32.0. The van der Waals surface area contributed by atoms with Crippen molar-refractivity contribution in [1.29, 1.82) is 0 Å². The molecule has 0 saturated carbocycles. The first kappa shape index (κ1) is 19.4. The quantitative estimate of drug-likeness (QED) is 0.339. The van der Waals surface area contributed by atoms with Gasteiger partial charge in [0.1, 0.15) is 5.22 Å². The Kier molecular flexibility index (Phi) is 5.68. The SMILES string of the molecule is CO[C@H]1O[C@H](C)[C@@H](N=[N+]=[N-])[C@@](OC)([Si](C)(C)C(C)(C)C)[C@H]1F. The standard InChI is InChI=1S/C14H28FN3O3Si/c1-9-11(17-18-16)14(20-6,10(15)12(19-5)21-9)22(7,8)13(2,3)4/h9-12H,1-8H3/t9-,10+,11-,12+,14+/m1/s1. The molecule has 0 aliphatic carbocycles. The number of methoxy groups -OCH3 is 2. The second-order valence-electron chi connectivity index (χ2n) is 7.37. The summed E-state index contributed by atoms with van der Waals surface area (Å²) in [6, 6.07) is -0.746. The van der Waals surface area contributed by atoms with E-state index in [4.69, 9.17) is 19.7 Å². The second-order valence-corrected chi connectivity index (χ2v) is 12.9. The van der Waals surface area contributed by atoms with E-state index in [9.17, 15) is 0 Å². The number of ether oxygens (including phenoxy) is 3. The van der Waals surface area contributed by atoms with Gasteiger partial charge in [0.05, 0.1) is 20.2 Å². The smallest absolute Gasteiger partial charge is 0.191 e. The number of alkyl halides is 1. The maximum Gasteiger partial charge on any atom is 0.191 e. The molecule has 1 fully saturated rings. The summed E-state index contributed by atoms with van der Waals surface area (Å²) in [5.41, 5.74) is 8.95. The fraction of sp³-hybridized carbons (Fsp3) is 1.00. The van der Waals surface area contributed by atoms with Crippen molar-refractivity contribution in [3.05, 3.63) is 10.4 Å². The van der Waals surface area contributed by atoms with Crippen LogP contribution in [0.15, 0.2) is 5.11 Å². The minimum Gasteiger partial charge on any atom is -0.378 e. The molecule has 1 aliphatic heterocycles. The molecule has 5 atom stereocenters. The molecule has 8 heteroatoms. The number of azide groups is 1. The van der Waals surface area contributed by atoms with E-state index in [1.165, 1.54) is 14.2 Å². The fourth-order valence-electron chi connectivity index (χ4n) is 3.27. The highest BCUT2D eigenvalue weighted by atomic mass is 28.3. The van der Waals surface area contributed by atoms with Crippen LogP contribution in [-0.2, 0) is 14.2 Å². The van der Waals surface area contributed by atoms with Gasteiger partial charge in [0.25, 0.3) is 0 Å². The third-order valence-corrected chi connectivity index (χ3v) is 12.0. The number of hydrogen-bond donors (Lipinski definition) is 0. The molecule has 0 spiro atoms. The van der Waals surface area contributed by atoms with Crippen molar-refractivity contribution < 1.29 is 18.6 Å². The van der Waals surface area contributed by atoms with E-state index in [-0.39, 0.29) is 5.04 Å². The minimum atomic E-state index is -2.44. The van der Waals surface area contributed by atoms with E-state index in [1.807, 2.05) is 0 Å². The Bertz CT molecular complexity index is 451. The highest BCUT2D eigenvalue weighted by molar-refractivity contribution is 6.83. The van der Waals surface area contributed by atoms with Crippen molar-refractivity contribution in [2.45, 2.75) is 75.7 Å². The van der Waals surface area contributed by atoms with Gasteiger partial charge >= 0.3 is 0 Å². The van der Waals surface area contributed by atoms with Crippen molar-refractivity contribution >= 4 is 8.07 Å². The van der Waals surface area contributed by atoms with E-state index in [0.717, 1.165) is 0 Å². The molecule has 22 heavy (non-hydrogen) atoms. The first-order chi connectivity index (χ1) is 10.0. The third kappa shape index (κ3) is 2.67. The van der Waals surface area contributed by atoms with Crippen molar-refractivity contribution in [1.82, 2.24) is 0 Å². The average molecular weight is 333 g/mol. The first-order valence-electron chi connectivity index (χ1n) is 7.43. The number of rotatable bonds is 4. The fourth-order valence-corrected chi connectivity index (χ4v) is 6.81. The third-order valence-electron chi connectivity index (χ3n) is 5.48. The summed E-state index contributed by atoms with van der Waals surface area (Å²) in [5.74, 6) is 0. The molecule has 128 valence electrons. The van der Waals surface area contributed by atoms with Crippen LogP contribution in [0.25, 0.3) is 10.4 Å². The van der Waals surface area contributed by atoms with Gasteiger partial charge < -0.3 is 14.2 Å². The lowest BCUT2D eigenvalue weighted by Gasteiger charge is -2.59. The second kappa shape index (κ2) is 6.45. The van der Waals surface area contributed by atoms with Gasteiger partial charge in [-0.1, -0.05) is 39.0 Å². The molecule has 0 aromatic carbocycles. The van der Waals surface area contributed by atoms with Crippen LogP contribution in [0.5, 0.6) is 0 Å². The van der Waals surface area contributed by atoms with E-state index >= 15 is 4.39 Å². The van der Waals surface area contributed by atoms with Crippen LogP contribution in [0.1, 0.15) is 27.7 Å². The Balaban J connectivity index is 3.61. The van der Waals surface area contributed by atoms with Gasteiger partial charge in [0, 0.05) is 19.1 Å². The largest absolute Gasteiger partial charge is 0.378 e. The lowest BCUT2D eigenvalue weighted by Crippen LogP contribution is -2.77. The Labute approximate surface area is 132 Å². The molecule has 1 rings (SSSR count). The first-order valence-corrected chi connectivity index (χ1v) is 10.4. The molecule has 0 aromatic rings. The van der Waals surface area contributed by atoms with Crippen molar-refractivity contribution in [2.24, 2.45) is 5.11 Å². The predicted molar refractivity (Wildman–Crippen MR) is 86.1 cm³/mol. The van der Waals surface area contributed by atoms with E-state index in [0.29, 0.717) is 0 Å². The molecule has 0 radical (unpaired) electrons. The summed E-state index contributed by atoms with van der Waals surface area (Å²) in [6.07, 6.45) is -3.06. The van der Waals surface area contributed by atoms with Crippen LogP contribution < -0.4 is 0 Å².